The van der Waals surface area contributed by atoms with E-state index in [-0.39, 0.29) is 0 Å². The lowest BCUT2D eigenvalue weighted by atomic mass is 10.0. The summed E-state index contributed by atoms with van der Waals surface area (Å²) in [5.74, 6) is 1.19. The smallest absolute Gasteiger partial charge is 0.110 e. The SMILES string of the molecule is CC(=Cc1nc2n(c1C)CCN(Cc1cnc[nH]1)CC2)c1ccc2[nH]ccc2c1. The zero-order valence-corrected chi connectivity index (χ0v) is 16.9. The summed E-state index contributed by atoms with van der Waals surface area (Å²) in [6.07, 6.45) is 8.84. The maximum absolute atomic E-state index is 4.99. The average Bonchev–Trinajstić information content (AvgIpc) is 3.43. The zero-order chi connectivity index (χ0) is 19.8. The van der Waals surface area contributed by atoms with Gasteiger partial charge in [-0.1, -0.05) is 6.07 Å². The fraction of sp³-hybridized carbons (Fsp3) is 0.304. The summed E-state index contributed by atoms with van der Waals surface area (Å²) < 4.78 is 2.39. The number of fused-ring (bicyclic) bond motifs is 2. The van der Waals surface area contributed by atoms with Gasteiger partial charge in [0.1, 0.15) is 5.82 Å². The number of hydrogen-bond acceptors (Lipinski definition) is 3. The van der Waals surface area contributed by atoms with Crippen molar-refractivity contribution in [3.05, 3.63) is 71.5 Å². The Morgan fingerprint density at radius 1 is 1.17 bits per heavy atom. The third kappa shape index (κ3) is 3.51. The molecule has 4 heterocycles. The van der Waals surface area contributed by atoms with Crippen molar-refractivity contribution in [2.24, 2.45) is 0 Å². The summed E-state index contributed by atoms with van der Waals surface area (Å²) in [5.41, 5.74) is 7.17. The Morgan fingerprint density at radius 3 is 2.97 bits per heavy atom. The summed E-state index contributed by atoms with van der Waals surface area (Å²) in [6.45, 7) is 8.29. The molecule has 1 aliphatic heterocycles. The molecule has 5 rings (SSSR count). The van der Waals surface area contributed by atoms with Crippen LogP contribution in [-0.2, 0) is 19.5 Å². The number of allylic oxidation sites excluding steroid dienone is 1. The molecule has 148 valence electrons. The topological polar surface area (TPSA) is 65.5 Å². The van der Waals surface area contributed by atoms with Crippen LogP contribution < -0.4 is 0 Å². The fourth-order valence-electron chi connectivity index (χ4n) is 4.20. The maximum atomic E-state index is 4.99. The molecule has 29 heavy (non-hydrogen) atoms. The van der Waals surface area contributed by atoms with E-state index < -0.39 is 0 Å². The summed E-state index contributed by atoms with van der Waals surface area (Å²) in [6, 6.07) is 8.67. The first kappa shape index (κ1) is 17.9. The van der Waals surface area contributed by atoms with Crippen LogP contribution in [0.1, 0.15) is 35.4 Å². The van der Waals surface area contributed by atoms with Gasteiger partial charge in [-0.05, 0) is 54.6 Å². The van der Waals surface area contributed by atoms with E-state index in [0.717, 1.165) is 38.3 Å². The molecule has 0 fully saturated rings. The minimum Gasteiger partial charge on any atom is -0.361 e. The lowest BCUT2D eigenvalue weighted by Crippen LogP contribution is -2.26. The number of aromatic amines is 2. The Bertz CT molecular complexity index is 1160. The van der Waals surface area contributed by atoms with E-state index in [9.17, 15) is 0 Å². The summed E-state index contributed by atoms with van der Waals surface area (Å²) in [5, 5.41) is 1.24. The van der Waals surface area contributed by atoms with E-state index in [1.165, 1.54) is 39.3 Å². The molecule has 3 aromatic heterocycles. The molecule has 0 unspecified atom stereocenters. The first-order valence-electron chi connectivity index (χ1n) is 10.2. The van der Waals surface area contributed by atoms with Crippen LogP contribution in [0.4, 0.5) is 0 Å². The largest absolute Gasteiger partial charge is 0.361 e. The Morgan fingerprint density at radius 2 is 2.10 bits per heavy atom. The van der Waals surface area contributed by atoms with Crippen molar-refractivity contribution in [2.75, 3.05) is 13.1 Å². The quantitative estimate of drug-likeness (QED) is 0.557. The van der Waals surface area contributed by atoms with E-state index in [1.807, 2.05) is 12.4 Å². The molecule has 1 aliphatic rings. The predicted molar refractivity (Wildman–Crippen MR) is 116 cm³/mol. The third-order valence-corrected chi connectivity index (χ3v) is 5.94. The molecule has 0 atom stereocenters. The number of hydrogen-bond donors (Lipinski definition) is 2. The van der Waals surface area contributed by atoms with Crippen molar-refractivity contribution in [3.63, 3.8) is 0 Å². The highest BCUT2D eigenvalue weighted by Crippen LogP contribution is 2.24. The zero-order valence-electron chi connectivity index (χ0n) is 16.9. The van der Waals surface area contributed by atoms with E-state index >= 15 is 0 Å². The van der Waals surface area contributed by atoms with E-state index in [0.29, 0.717) is 0 Å². The molecule has 0 radical (unpaired) electrons. The minimum atomic E-state index is 0.914. The van der Waals surface area contributed by atoms with Gasteiger partial charge in [-0.15, -0.1) is 0 Å². The fourth-order valence-corrected chi connectivity index (χ4v) is 4.20. The minimum absolute atomic E-state index is 0.914. The van der Waals surface area contributed by atoms with E-state index in [1.54, 1.807) is 6.33 Å². The number of benzene rings is 1. The predicted octanol–water partition coefficient (Wildman–Crippen LogP) is 4.01. The van der Waals surface area contributed by atoms with Crippen molar-refractivity contribution in [3.8, 4) is 0 Å². The Labute approximate surface area is 170 Å². The lowest BCUT2D eigenvalue weighted by Gasteiger charge is -2.18. The second-order valence-electron chi connectivity index (χ2n) is 7.86. The van der Waals surface area contributed by atoms with Crippen LogP contribution in [0.2, 0.25) is 0 Å². The molecule has 0 spiro atoms. The van der Waals surface area contributed by atoms with Crippen molar-refractivity contribution in [1.82, 2.24) is 29.4 Å². The molecule has 1 aromatic carbocycles. The van der Waals surface area contributed by atoms with Crippen LogP contribution in [0.25, 0.3) is 22.6 Å². The molecule has 6 heteroatoms. The third-order valence-electron chi connectivity index (χ3n) is 5.94. The summed E-state index contributed by atoms with van der Waals surface area (Å²) in [4.78, 5) is 18.0. The molecule has 0 saturated heterocycles. The van der Waals surface area contributed by atoms with Crippen molar-refractivity contribution >= 4 is 22.6 Å². The Balaban J connectivity index is 1.36. The van der Waals surface area contributed by atoms with Gasteiger partial charge in [-0.2, -0.15) is 0 Å². The maximum Gasteiger partial charge on any atom is 0.110 e. The first-order chi connectivity index (χ1) is 14.2. The van der Waals surface area contributed by atoms with E-state index in [4.69, 9.17) is 4.98 Å². The number of imidazole rings is 2. The van der Waals surface area contributed by atoms with Gasteiger partial charge in [0.15, 0.2) is 0 Å². The molecular weight excluding hydrogens is 360 g/mol. The second-order valence-corrected chi connectivity index (χ2v) is 7.86. The molecular formula is C23H26N6. The number of nitrogens with one attached hydrogen (secondary N) is 2. The van der Waals surface area contributed by atoms with Gasteiger partial charge >= 0.3 is 0 Å². The van der Waals surface area contributed by atoms with E-state index in [2.05, 4.69) is 68.6 Å². The van der Waals surface area contributed by atoms with Gasteiger partial charge in [0.25, 0.3) is 0 Å². The highest BCUT2D eigenvalue weighted by Gasteiger charge is 2.19. The van der Waals surface area contributed by atoms with Crippen molar-refractivity contribution in [1.29, 1.82) is 0 Å². The summed E-state index contributed by atoms with van der Waals surface area (Å²) >= 11 is 0. The van der Waals surface area contributed by atoms with Gasteiger partial charge in [0, 0.05) is 61.9 Å². The van der Waals surface area contributed by atoms with Crippen LogP contribution in [0.3, 0.4) is 0 Å². The summed E-state index contributed by atoms with van der Waals surface area (Å²) in [7, 11) is 0. The van der Waals surface area contributed by atoms with Crippen LogP contribution in [-0.4, -0.2) is 42.5 Å². The van der Waals surface area contributed by atoms with Crippen molar-refractivity contribution in [2.45, 2.75) is 33.4 Å². The standard InChI is InChI=1S/C23H26N6/c1-16(18-3-4-21-19(12-18)5-7-25-21)11-22-17(2)29-10-9-28(8-6-23(29)27-22)14-20-13-24-15-26-20/h3-5,7,11-13,15,25H,6,8-10,14H2,1-2H3,(H,24,26). The second kappa shape index (κ2) is 7.37. The molecule has 0 aliphatic carbocycles. The molecule has 0 amide bonds. The molecule has 6 nitrogen and oxygen atoms in total. The lowest BCUT2D eigenvalue weighted by molar-refractivity contribution is 0.268. The Hall–Kier alpha value is -3.12. The monoisotopic (exact) mass is 386 g/mol. The van der Waals surface area contributed by atoms with Crippen molar-refractivity contribution < 1.29 is 0 Å². The molecule has 0 bridgehead atoms. The van der Waals surface area contributed by atoms with Crippen LogP contribution in [0, 0.1) is 6.92 Å². The number of rotatable bonds is 4. The number of aromatic nitrogens is 5. The number of H-pyrrole nitrogens is 2. The number of nitrogens with zero attached hydrogens (tertiary/aromatic N) is 4. The van der Waals surface area contributed by atoms with Gasteiger partial charge in [-0.25, -0.2) is 9.97 Å². The Kier molecular flexibility index (Phi) is 4.56. The highest BCUT2D eigenvalue weighted by atomic mass is 15.2. The normalized spacial score (nSPS) is 15.6. The molecule has 2 N–H and O–H groups in total. The van der Waals surface area contributed by atoms with Gasteiger partial charge < -0.3 is 14.5 Å². The van der Waals surface area contributed by atoms with Gasteiger partial charge in [0.2, 0.25) is 0 Å². The van der Waals surface area contributed by atoms with Crippen LogP contribution in [0.5, 0.6) is 0 Å². The average molecular weight is 387 g/mol. The first-order valence-corrected chi connectivity index (χ1v) is 10.2. The molecule has 0 saturated carbocycles. The van der Waals surface area contributed by atoms with Gasteiger partial charge in [0.05, 0.1) is 12.0 Å². The highest BCUT2D eigenvalue weighted by molar-refractivity contribution is 5.87. The van der Waals surface area contributed by atoms with Gasteiger partial charge in [-0.3, -0.25) is 4.90 Å². The van der Waals surface area contributed by atoms with Crippen LogP contribution in [0.15, 0.2) is 43.0 Å². The van der Waals surface area contributed by atoms with Crippen LogP contribution >= 0.6 is 0 Å². The molecule has 4 aromatic rings.